The van der Waals surface area contributed by atoms with E-state index in [0.717, 1.165) is 0 Å². The number of nitrogens with zero attached hydrogens (tertiary/aromatic N) is 2. The number of carbonyl (C=O) groups is 2. The minimum atomic E-state index is -0.237. The van der Waals surface area contributed by atoms with Crippen LogP contribution in [0.3, 0.4) is 0 Å². The Kier molecular flexibility index (Phi) is 4.16. The first kappa shape index (κ1) is 17.1. The number of hydrogen-bond acceptors (Lipinski definition) is 4. The van der Waals surface area contributed by atoms with Crippen LogP contribution in [-0.4, -0.2) is 11.6 Å². The molecule has 28 heavy (non-hydrogen) atoms. The minimum absolute atomic E-state index is 0.237. The normalized spacial score (nSPS) is 12.9. The van der Waals surface area contributed by atoms with Crippen LogP contribution >= 0.6 is 0 Å². The molecule has 0 unspecified atom stereocenters. The summed E-state index contributed by atoms with van der Waals surface area (Å²) in [6, 6.07) is 24.1. The van der Waals surface area contributed by atoms with Crippen LogP contribution in [0.2, 0.25) is 0 Å². The molecular formula is C24H12N2O2. The molecule has 0 aromatic heterocycles. The molecule has 0 amide bonds. The van der Waals surface area contributed by atoms with E-state index in [9.17, 15) is 9.59 Å². The van der Waals surface area contributed by atoms with Gasteiger partial charge in [0.1, 0.15) is 0 Å². The van der Waals surface area contributed by atoms with Gasteiger partial charge in [-0.15, -0.1) is 0 Å². The van der Waals surface area contributed by atoms with Gasteiger partial charge in [0.2, 0.25) is 0 Å². The topological polar surface area (TPSA) is 81.7 Å². The lowest BCUT2D eigenvalue weighted by Gasteiger charge is -2.21. The van der Waals surface area contributed by atoms with E-state index in [-0.39, 0.29) is 11.6 Å². The molecular weight excluding hydrogens is 348 g/mol. The summed E-state index contributed by atoms with van der Waals surface area (Å²) in [5, 5.41) is 18.1. The van der Waals surface area contributed by atoms with Crippen molar-refractivity contribution >= 4 is 22.7 Å². The Balaban J connectivity index is 2.00. The highest BCUT2D eigenvalue weighted by atomic mass is 16.1. The molecule has 4 heteroatoms. The zero-order chi connectivity index (χ0) is 19.7. The first-order valence-corrected chi connectivity index (χ1v) is 8.58. The lowest BCUT2D eigenvalue weighted by molar-refractivity contribution is 0.101. The van der Waals surface area contributed by atoms with Crippen LogP contribution in [-0.2, 0) is 0 Å². The van der Waals surface area contributed by atoms with Gasteiger partial charge in [0.25, 0.3) is 0 Å². The van der Waals surface area contributed by atoms with E-state index in [0.29, 0.717) is 44.5 Å². The van der Waals surface area contributed by atoms with Crippen LogP contribution in [0.4, 0.5) is 0 Å². The Morgan fingerprint density at radius 1 is 0.536 bits per heavy atom. The van der Waals surface area contributed by atoms with Crippen LogP contribution in [0, 0.1) is 22.7 Å². The van der Waals surface area contributed by atoms with Crippen LogP contribution in [0.5, 0.6) is 0 Å². The zero-order valence-electron chi connectivity index (χ0n) is 14.6. The molecule has 1 aliphatic carbocycles. The van der Waals surface area contributed by atoms with Crippen molar-refractivity contribution in [3.63, 3.8) is 0 Å². The Bertz CT molecular complexity index is 1140. The summed E-state index contributed by atoms with van der Waals surface area (Å²) >= 11 is 0. The standard InChI is InChI=1S/C24H12N2O2/c25-13-15-5-9-17(10-6-15)21-22(18-11-7-16(14-26)8-12-18)24(28)20-4-2-1-3-19(20)23(21)27/h1-12H. The summed E-state index contributed by atoms with van der Waals surface area (Å²) in [6.07, 6.45) is 0. The van der Waals surface area contributed by atoms with Crippen LogP contribution < -0.4 is 0 Å². The molecule has 3 aromatic carbocycles. The smallest absolute Gasteiger partial charge is 0.195 e. The highest BCUT2D eigenvalue weighted by Crippen LogP contribution is 2.37. The van der Waals surface area contributed by atoms with Crippen molar-refractivity contribution in [2.75, 3.05) is 0 Å². The lowest BCUT2D eigenvalue weighted by atomic mass is 9.78. The molecule has 0 saturated heterocycles. The number of fused-ring (bicyclic) bond motifs is 1. The summed E-state index contributed by atoms with van der Waals surface area (Å²) < 4.78 is 0. The van der Waals surface area contributed by atoms with E-state index in [1.54, 1.807) is 72.8 Å². The first-order valence-electron chi connectivity index (χ1n) is 8.58. The van der Waals surface area contributed by atoms with E-state index in [4.69, 9.17) is 10.5 Å². The molecule has 0 N–H and O–H groups in total. The van der Waals surface area contributed by atoms with E-state index in [1.807, 2.05) is 12.1 Å². The van der Waals surface area contributed by atoms with Crippen molar-refractivity contribution in [3.8, 4) is 12.1 Å². The maximum Gasteiger partial charge on any atom is 0.195 e. The summed E-state index contributed by atoms with van der Waals surface area (Å²) in [7, 11) is 0. The Morgan fingerprint density at radius 3 is 1.21 bits per heavy atom. The molecule has 0 aliphatic heterocycles. The summed E-state index contributed by atoms with van der Waals surface area (Å²) in [5.74, 6) is -0.474. The fourth-order valence-corrected chi connectivity index (χ4v) is 3.35. The molecule has 0 fully saturated rings. The molecule has 0 radical (unpaired) electrons. The largest absolute Gasteiger partial charge is 0.289 e. The predicted octanol–water partition coefficient (Wildman–Crippen LogP) is 4.42. The van der Waals surface area contributed by atoms with Crippen LogP contribution in [0.25, 0.3) is 11.1 Å². The van der Waals surface area contributed by atoms with E-state index < -0.39 is 0 Å². The quantitative estimate of drug-likeness (QED) is 0.677. The van der Waals surface area contributed by atoms with Crippen molar-refractivity contribution < 1.29 is 9.59 Å². The second-order valence-electron chi connectivity index (χ2n) is 6.33. The Labute approximate surface area is 161 Å². The van der Waals surface area contributed by atoms with E-state index in [1.165, 1.54) is 0 Å². The molecule has 0 atom stereocenters. The van der Waals surface area contributed by atoms with Gasteiger partial charge < -0.3 is 0 Å². The molecule has 0 spiro atoms. The second kappa shape index (κ2) is 6.79. The number of nitriles is 2. The van der Waals surface area contributed by atoms with E-state index >= 15 is 0 Å². The number of ketones is 2. The van der Waals surface area contributed by atoms with Gasteiger partial charge >= 0.3 is 0 Å². The zero-order valence-corrected chi connectivity index (χ0v) is 14.6. The number of carbonyl (C=O) groups excluding carboxylic acids is 2. The molecule has 3 aromatic rings. The molecule has 130 valence electrons. The third kappa shape index (κ3) is 2.70. The second-order valence-corrected chi connectivity index (χ2v) is 6.33. The summed E-state index contributed by atoms with van der Waals surface area (Å²) in [5.41, 5.74) is 3.43. The number of rotatable bonds is 2. The van der Waals surface area contributed by atoms with Gasteiger partial charge in [0.15, 0.2) is 11.6 Å². The van der Waals surface area contributed by atoms with Crippen LogP contribution in [0.1, 0.15) is 43.0 Å². The Hall–Kier alpha value is -4.28. The molecule has 4 nitrogen and oxygen atoms in total. The highest BCUT2D eigenvalue weighted by molar-refractivity contribution is 6.51. The number of benzene rings is 3. The van der Waals surface area contributed by atoms with Gasteiger partial charge in [0.05, 0.1) is 23.3 Å². The third-order valence-electron chi connectivity index (χ3n) is 4.73. The van der Waals surface area contributed by atoms with Crippen molar-refractivity contribution in [2.45, 2.75) is 0 Å². The molecule has 0 saturated carbocycles. The van der Waals surface area contributed by atoms with Crippen molar-refractivity contribution in [2.24, 2.45) is 0 Å². The van der Waals surface area contributed by atoms with Crippen molar-refractivity contribution in [1.29, 1.82) is 10.5 Å². The fraction of sp³-hybridized carbons (Fsp3) is 0. The maximum atomic E-state index is 13.3. The van der Waals surface area contributed by atoms with Gasteiger partial charge in [0, 0.05) is 22.3 Å². The average molecular weight is 360 g/mol. The predicted molar refractivity (Wildman–Crippen MR) is 104 cm³/mol. The molecule has 1 aliphatic rings. The molecule has 0 bridgehead atoms. The van der Waals surface area contributed by atoms with Gasteiger partial charge in [-0.25, -0.2) is 0 Å². The van der Waals surface area contributed by atoms with Gasteiger partial charge in [-0.05, 0) is 35.4 Å². The monoisotopic (exact) mass is 360 g/mol. The fourth-order valence-electron chi connectivity index (χ4n) is 3.35. The number of allylic oxidation sites excluding steroid dienone is 2. The SMILES string of the molecule is N#Cc1ccc(C2=C(c3ccc(C#N)cc3)C(=O)c3ccccc3C2=O)cc1. The van der Waals surface area contributed by atoms with Crippen molar-refractivity contribution in [1.82, 2.24) is 0 Å². The van der Waals surface area contributed by atoms with E-state index in [2.05, 4.69) is 0 Å². The Morgan fingerprint density at radius 2 is 0.893 bits per heavy atom. The third-order valence-corrected chi connectivity index (χ3v) is 4.73. The average Bonchev–Trinajstić information content (AvgIpc) is 2.76. The van der Waals surface area contributed by atoms with Crippen LogP contribution in [0.15, 0.2) is 72.8 Å². The first-order chi connectivity index (χ1) is 13.6. The minimum Gasteiger partial charge on any atom is -0.289 e. The van der Waals surface area contributed by atoms with Crippen molar-refractivity contribution in [3.05, 3.63) is 106 Å². The summed E-state index contributed by atoms with van der Waals surface area (Å²) in [6.45, 7) is 0. The maximum absolute atomic E-state index is 13.3. The lowest BCUT2D eigenvalue weighted by Crippen LogP contribution is -2.20. The van der Waals surface area contributed by atoms with Gasteiger partial charge in [-0.2, -0.15) is 10.5 Å². The molecule has 4 rings (SSSR count). The number of hydrogen-bond donors (Lipinski definition) is 0. The summed E-state index contributed by atoms with van der Waals surface area (Å²) in [4.78, 5) is 26.6. The van der Waals surface area contributed by atoms with Gasteiger partial charge in [-0.3, -0.25) is 9.59 Å². The molecule has 0 heterocycles. The van der Waals surface area contributed by atoms with Gasteiger partial charge in [-0.1, -0.05) is 48.5 Å². The number of Topliss-reactive ketones (excluding diaryl/α,β-unsaturated/α-hetero) is 2. The highest BCUT2D eigenvalue weighted by Gasteiger charge is 2.33.